The van der Waals surface area contributed by atoms with Crippen molar-refractivity contribution < 1.29 is 9.53 Å². The van der Waals surface area contributed by atoms with Crippen LogP contribution in [0.5, 0.6) is 5.75 Å². The molecule has 16 heavy (non-hydrogen) atoms. The molecule has 4 heteroatoms. The number of aromatic nitrogens is 1. The summed E-state index contributed by atoms with van der Waals surface area (Å²) < 4.78 is 5.34. The van der Waals surface area contributed by atoms with Crippen molar-refractivity contribution in [3.8, 4) is 5.75 Å². The first-order valence-corrected chi connectivity index (χ1v) is 5.27. The molecular weight excluding hydrogens is 204 g/mol. The Morgan fingerprint density at radius 1 is 1.38 bits per heavy atom. The van der Waals surface area contributed by atoms with E-state index in [0.29, 0.717) is 12.2 Å². The smallest absolute Gasteiger partial charge is 0.268 e. The first-order chi connectivity index (χ1) is 7.81. The molecule has 0 saturated carbocycles. The van der Waals surface area contributed by atoms with Gasteiger partial charge >= 0.3 is 0 Å². The number of H-pyrrole nitrogens is 1. The molecular formula is C12H12N2O2. The van der Waals surface area contributed by atoms with Gasteiger partial charge in [-0.15, -0.1) is 0 Å². The van der Waals surface area contributed by atoms with E-state index in [2.05, 4.69) is 10.3 Å². The van der Waals surface area contributed by atoms with Crippen molar-refractivity contribution in [1.82, 2.24) is 10.3 Å². The van der Waals surface area contributed by atoms with Gasteiger partial charge in [0.2, 0.25) is 0 Å². The van der Waals surface area contributed by atoms with Gasteiger partial charge in [0, 0.05) is 11.9 Å². The molecule has 1 aromatic heterocycles. The maximum absolute atomic E-state index is 11.7. The minimum atomic E-state index is -0.0282. The van der Waals surface area contributed by atoms with Gasteiger partial charge in [0.25, 0.3) is 5.91 Å². The molecule has 0 saturated heterocycles. The van der Waals surface area contributed by atoms with Crippen LogP contribution in [0, 0.1) is 0 Å². The number of nitrogens with one attached hydrogen (secondary N) is 2. The van der Waals surface area contributed by atoms with Crippen LogP contribution in [0.3, 0.4) is 0 Å². The molecule has 1 aliphatic rings. The Morgan fingerprint density at radius 3 is 3.06 bits per heavy atom. The number of carbonyl (C=O) groups is 1. The number of hydrogen-bond donors (Lipinski definition) is 2. The van der Waals surface area contributed by atoms with Crippen molar-refractivity contribution in [3.63, 3.8) is 0 Å². The van der Waals surface area contributed by atoms with Crippen LogP contribution in [0.1, 0.15) is 16.1 Å². The highest BCUT2D eigenvalue weighted by Crippen LogP contribution is 2.32. The van der Waals surface area contributed by atoms with Crippen LogP contribution in [-0.4, -0.2) is 24.5 Å². The maximum Gasteiger partial charge on any atom is 0.268 e. The molecule has 0 aliphatic carbocycles. The molecule has 0 unspecified atom stereocenters. The van der Waals surface area contributed by atoms with E-state index in [4.69, 9.17) is 4.74 Å². The van der Waals surface area contributed by atoms with E-state index in [9.17, 15) is 4.79 Å². The van der Waals surface area contributed by atoms with Crippen molar-refractivity contribution in [2.45, 2.75) is 6.42 Å². The Kier molecular flexibility index (Phi) is 1.89. The molecule has 0 spiro atoms. The van der Waals surface area contributed by atoms with Gasteiger partial charge in [-0.1, -0.05) is 6.07 Å². The van der Waals surface area contributed by atoms with Crippen LogP contribution in [-0.2, 0) is 6.42 Å². The lowest BCUT2D eigenvalue weighted by Crippen LogP contribution is -2.31. The van der Waals surface area contributed by atoms with E-state index in [1.165, 1.54) is 0 Å². The second-order valence-electron chi connectivity index (χ2n) is 3.87. The Labute approximate surface area is 92.6 Å². The summed E-state index contributed by atoms with van der Waals surface area (Å²) in [5.74, 6) is 0.796. The van der Waals surface area contributed by atoms with Crippen molar-refractivity contribution >= 4 is 16.8 Å². The van der Waals surface area contributed by atoms with Gasteiger partial charge in [-0.2, -0.15) is 0 Å². The number of methoxy groups -OCH3 is 1. The fraction of sp³-hybridized carbons (Fsp3) is 0.250. The average Bonchev–Trinajstić information content (AvgIpc) is 2.69. The highest BCUT2D eigenvalue weighted by molar-refractivity contribution is 6.03. The second-order valence-corrected chi connectivity index (χ2v) is 3.87. The summed E-state index contributed by atoms with van der Waals surface area (Å²) in [5.41, 5.74) is 2.70. The second kappa shape index (κ2) is 3.27. The largest absolute Gasteiger partial charge is 0.496 e. The first kappa shape index (κ1) is 9.27. The molecule has 0 radical (unpaired) electrons. The fourth-order valence-corrected chi connectivity index (χ4v) is 2.29. The van der Waals surface area contributed by atoms with E-state index in [-0.39, 0.29) is 5.91 Å². The van der Waals surface area contributed by atoms with Gasteiger partial charge in [-0.05, 0) is 24.1 Å². The van der Waals surface area contributed by atoms with E-state index >= 15 is 0 Å². The number of amides is 1. The predicted molar refractivity (Wildman–Crippen MR) is 60.9 cm³/mol. The van der Waals surface area contributed by atoms with Crippen LogP contribution < -0.4 is 10.1 Å². The minimum absolute atomic E-state index is 0.0282. The molecule has 0 atom stereocenters. The van der Waals surface area contributed by atoms with Crippen molar-refractivity contribution in [3.05, 3.63) is 29.5 Å². The zero-order valence-electron chi connectivity index (χ0n) is 8.96. The van der Waals surface area contributed by atoms with E-state index < -0.39 is 0 Å². The number of carbonyl (C=O) groups excluding carboxylic acids is 1. The lowest BCUT2D eigenvalue weighted by molar-refractivity contribution is 0.0942. The number of hydrogen-bond acceptors (Lipinski definition) is 2. The third-order valence-electron chi connectivity index (χ3n) is 3.00. The first-order valence-electron chi connectivity index (χ1n) is 5.27. The monoisotopic (exact) mass is 216 g/mol. The summed E-state index contributed by atoms with van der Waals surface area (Å²) in [6.07, 6.45) is 0.849. The molecule has 4 nitrogen and oxygen atoms in total. The minimum Gasteiger partial charge on any atom is -0.496 e. The van der Waals surface area contributed by atoms with Crippen molar-refractivity contribution in [2.24, 2.45) is 0 Å². The Hall–Kier alpha value is -1.97. The average molecular weight is 216 g/mol. The summed E-state index contributed by atoms with van der Waals surface area (Å²) in [5, 5.41) is 3.86. The lowest BCUT2D eigenvalue weighted by atomic mass is 10.0. The number of ether oxygens (including phenoxy) is 1. The number of rotatable bonds is 1. The van der Waals surface area contributed by atoms with Crippen molar-refractivity contribution in [1.29, 1.82) is 0 Å². The predicted octanol–water partition coefficient (Wildman–Crippen LogP) is 1.46. The van der Waals surface area contributed by atoms with Gasteiger partial charge in [0.1, 0.15) is 11.4 Å². The summed E-state index contributed by atoms with van der Waals surface area (Å²) in [6.45, 7) is 0.691. The van der Waals surface area contributed by atoms with Crippen LogP contribution in [0.15, 0.2) is 18.2 Å². The van der Waals surface area contributed by atoms with Gasteiger partial charge in [-0.3, -0.25) is 4.79 Å². The topological polar surface area (TPSA) is 54.1 Å². The quantitative estimate of drug-likeness (QED) is 0.758. The molecule has 0 fully saturated rings. The molecule has 0 bridgehead atoms. The Bertz CT molecular complexity index is 572. The molecule has 1 amide bonds. The zero-order chi connectivity index (χ0) is 11.1. The third kappa shape index (κ3) is 1.13. The van der Waals surface area contributed by atoms with E-state index in [1.807, 2.05) is 18.2 Å². The molecule has 1 aliphatic heterocycles. The molecule has 1 aromatic carbocycles. The standard InChI is InChI=1S/C12H12N2O2/c1-16-9-4-2-3-8-10(9)7-5-6-13-12(15)11(7)14-8/h2-4,14H,5-6H2,1H3,(H,13,15). The van der Waals surface area contributed by atoms with Crippen LogP contribution in [0.2, 0.25) is 0 Å². The van der Waals surface area contributed by atoms with Gasteiger partial charge in [0.05, 0.1) is 12.6 Å². The lowest BCUT2D eigenvalue weighted by Gasteiger charge is -2.12. The zero-order valence-corrected chi connectivity index (χ0v) is 8.96. The van der Waals surface area contributed by atoms with Gasteiger partial charge < -0.3 is 15.0 Å². The van der Waals surface area contributed by atoms with Gasteiger partial charge in [-0.25, -0.2) is 0 Å². The highest BCUT2D eigenvalue weighted by atomic mass is 16.5. The number of fused-ring (bicyclic) bond motifs is 3. The van der Waals surface area contributed by atoms with Crippen molar-refractivity contribution in [2.75, 3.05) is 13.7 Å². The van der Waals surface area contributed by atoms with E-state index in [1.54, 1.807) is 7.11 Å². The summed E-state index contributed by atoms with van der Waals surface area (Å²) in [4.78, 5) is 14.8. The van der Waals surface area contributed by atoms with Crippen LogP contribution in [0.25, 0.3) is 10.9 Å². The fourth-order valence-electron chi connectivity index (χ4n) is 2.29. The van der Waals surface area contributed by atoms with Gasteiger partial charge in [0.15, 0.2) is 0 Å². The Balaban J connectivity index is 2.37. The maximum atomic E-state index is 11.7. The molecule has 3 rings (SSSR count). The SMILES string of the molecule is COc1cccc2[nH]c3c(c12)CCNC3=O. The summed E-state index contributed by atoms with van der Waals surface area (Å²) in [6, 6.07) is 5.80. The molecule has 2 heterocycles. The van der Waals surface area contributed by atoms with Crippen LogP contribution >= 0.6 is 0 Å². The number of aromatic amines is 1. The summed E-state index contributed by atoms with van der Waals surface area (Å²) in [7, 11) is 1.65. The molecule has 2 aromatic rings. The molecule has 2 N–H and O–H groups in total. The summed E-state index contributed by atoms with van der Waals surface area (Å²) >= 11 is 0. The molecule has 82 valence electrons. The Morgan fingerprint density at radius 2 is 2.25 bits per heavy atom. The normalized spacial score (nSPS) is 14.7. The third-order valence-corrected chi connectivity index (χ3v) is 3.00. The van der Waals surface area contributed by atoms with E-state index in [0.717, 1.165) is 28.6 Å². The highest BCUT2D eigenvalue weighted by Gasteiger charge is 2.23. The van der Waals surface area contributed by atoms with Crippen LogP contribution in [0.4, 0.5) is 0 Å². The number of benzene rings is 1.